The largest absolute Gasteiger partial charge is 0.326 e. The highest BCUT2D eigenvalue weighted by atomic mass is 16.2. The minimum absolute atomic E-state index is 0.106. The molecule has 0 aliphatic heterocycles. The van der Waals surface area contributed by atoms with Gasteiger partial charge in [0.15, 0.2) is 0 Å². The number of benzene rings is 1. The number of H-pyrrole nitrogens is 1. The number of aromatic amines is 1. The van der Waals surface area contributed by atoms with E-state index in [0.717, 1.165) is 11.3 Å². The minimum Gasteiger partial charge on any atom is -0.326 e. The van der Waals surface area contributed by atoms with E-state index in [1.54, 1.807) is 13.0 Å². The van der Waals surface area contributed by atoms with Crippen LogP contribution in [0.3, 0.4) is 0 Å². The average molecular weight is 271 g/mol. The van der Waals surface area contributed by atoms with E-state index in [4.69, 9.17) is 0 Å². The zero-order valence-corrected chi connectivity index (χ0v) is 11.5. The monoisotopic (exact) mass is 271 g/mol. The molecule has 5 nitrogen and oxygen atoms in total. The van der Waals surface area contributed by atoms with Gasteiger partial charge in [0.25, 0.3) is 11.5 Å². The van der Waals surface area contributed by atoms with Crippen LogP contribution in [0.4, 0.5) is 5.69 Å². The number of para-hydroxylation sites is 1. The molecular weight excluding hydrogens is 254 g/mol. The van der Waals surface area contributed by atoms with Gasteiger partial charge in [-0.2, -0.15) is 0 Å². The normalized spacial score (nSPS) is 10.3. The van der Waals surface area contributed by atoms with Crippen molar-refractivity contribution < 1.29 is 4.79 Å². The van der Waals surface area contributed by atoms with E-state index < -0.39 is 5.91 Å². The smallest absolute Gasteiger partial charge is 0.261 e. The first-order valence-electron chi connectivity index (χ1n) is 6.35. The third-order valence-electron chi connectivity index (χ3n) is 2.93. The van der Waals surface area contributed by atoms with Gasteiger partial charge in [0.1, 0.15) is 5.56 Å². The Morgan fingerprint density at radius 3 is 2.65 bits per heavy atom. The average Bonchev–Trinajstić information content (AvgIpc) is 2.41. The van der Waals surface area contributed by atoms with Gasteiger partial charge in [0.05, 0.1) is 0 Å². The summed E-state index contributed by atoms with van der Waals surface area (Å²) in [5.41, 5.74) is 2.12. The van der Waals surface area contributed by atoms with Crippen molar-refractivity contribution in [2.45, 2.75) is 13.5 Å². The molecule has 0 bridgehead atoms. The molecule has 5 heteroatoms. The minimum atomic E-state index is -0.408. The van der Waals surface area contributed by atoms with Crippen LogP contribution in [-0.4, -0.2) is 17.9 Å². The standard InChI is InChI=1S/C15H17N3O2/c1-10-7-8-12(14(19)17-10)15(20)18-13-6-4-3-5-11(13)9-16-2/h3-8,16H,9H2,1-2H3,(H,17,19)(H,18,20). The Morgan fingerprint density at radius 2 is 1.95 bits per heavy atom. The van der Waals surface area contributed by atoms with Crippen LogP contribution in [0.1, 0.15) is 21.6 Å². The zero-order valence-electron chi connectivity index (χ0n) is 11.5. The predicted molar refractivity (Wildman–Crippen MR) is 79.0 cm³/mol. The molecule has 2 rings (SSSR count). The first-order chi connectivity index (χ1) is 9.61. The number of aromatic nitrogens is 1. The lowest BCUT2D eigenvalue weighted by Gasteiger charge is -2.10. The summed E-state index contributed by atoms with van der Waals surface area (Å²) in [7, 11) is 1.84. The topological polar surface area (TPSA) is 74.0 Å². The second kappa shape index (κ2) is 6.16. The Bertz CT molecular complexity index is 677. The van der Waals surface area contributed by atoms with Crippen LogP contribution in [0.5, 0.6) is 0 Å². The molecule has 0 aliphatic carbocycles. The first kappa shape index (κ1) is 14.0. The molecule has 0 saturated heterocycles. The quantitative estimate of drug-likeness (QED) is 0.791. The van der Waals surface area contributed by atoms with Gasteiger partial charge in [-0.05, 0) is 37.7 Å². The third-order valence-corrected chi connectivity index (χ3v) is 2.93. The van der Waals surface area contributed by atoms with E-state index in [1.165, 1.54) is 6.07 Å². The third kappa shape index (κ3) is 3.13. The Balaban J connectivity index is 2.26. The van der Waals surface area contributed by atoms with E-state index in [-0.39, 0.29) is 11.1 Å². The van der Waals surface area contributed by atoms with Crippen molar-refractivity contribution >= 4 is 11.6 Å². The van der Waals surface area contributed by atoms with Gasteiger partial charge in [-0.15, -0.1) is 0 Å². The first-order valence-corrected chi connectivity index (χ1v) is 6.35. The van der Waals surface area contributed by atoms with Crippen LogP contribution in [0.25, 0.3) is 0 Å². The molecule has 3 N–H and O–H groups in total. The number of aryl methyl sites for hydroxylation is 1. The van der Waals surface area contributed by atoms with Gasteiger partial charge in [-0.25, -0.2) is 0 Å². The fourth-order valence-corrected chi connectivity index (χ4v) is 1.93. The molecule has 0 atom stereocenters. The van der Waals surface area contributed by atoms with Crippen molar-refractivity contribution in [3.05, 3.63) is 63.6 Å². The molecular formula is C15H17N3O2. The Morgan fingerprint density at radius 1 is 1.20 bits per heavy atom. The summed E-state index contributed by atoms with van der Waals surface area (Å²) >= 11 is 0. The lowest BCUT2D eigenvalue weighted by Crippen LogP contribution is -2.24. The number of carbonyl (C=O) groups is 1. The fraction of sp³-hybridized carbons (Fsp3) is 0.200. The second-order valence-electron chi connectivity index (χ2n) is 4.53. The van der Waals surface area contributed by atoms with Gasteiger partial charge in [-0.1, -0.05) is 18.2 Å². The van der Waals surface area contributed by atoms with E-state index in [0.29, 0.717) is 12.2 Å². The van der Waals surface area contributed by atoms with Gasteiger partial charge in [0, 0.05) is 17.9 Å². The van der Waals surface area contributed by atoms with Gasteiger partial charge >= 0.3 is 0 Å². The van der Waals surface area contributed by atoms with Crippen molar-refractivity contribution in [1.82, 2.24) is 10.3 Å². The zero-order chi connectivity index (χ0) is 14.5. The maximum Gasteiger partial charge on any atom is 0.261 e. The Hall–Kier alpha value is -2.40. The highest BCUT2D eigenvalue weighted by Crippen LogP contribution is 2.15. The highest BCUT2D eigenvalue weighted by molar-refractivity contribution is 6.04. The molecule has 1 aromatic heterocycles. The molecule has 0 fully saturated rings. The van der Waals surface area contributed by atoms with E-state index in [9.17, 15) is 9.59 Å². The van der Waals surface area contributed by atoms with E-state index >= 15 is 0 Å². The summed E-state index contributed by atoms with van der Waals surface area (Å²) in [5.74, 6) is -0.408. The lowest BCUT2D eigenvalue weighted by molar-refractivity contribution is 0.102. The molecule has 0 saturated carbocycles. The highest BCUT2D eigenvalue weighted by Gasteiger charge is 2.12. The van der Waals surface area contributed by atoms with Gasteiger partial charge in [0.2, 0.25) is 0 Å². The molecule has 0 unspecified atom stereocenters. The number of carbonyl (C=O) groups excluding carboxylic acids is 1. The molecule has 1 amide bonds. The van der Waals surface area contributed by atoms with Gasteiger partial charge in [-0.3, -0.25) is 9.59 Å². The van der Waals surface area contributed by atoms with Crippen molar-refractivity contribution in [2.24, 2.45) is 0 Å². The van der Waals surface area contributed by atoms with Crippen LogP contribution in [0, 0.1) is 6.92 Å². The van der Waals surface area contributed by atoms with E-state index in [2.05, 4.69) is 15.6 Å². The fourth-order valence-electron chi connectivity index (χ4n) is 1.93. The number of amides is 1. The van der Waals surface area contributed by atoms with Crippen LogP contribution in [0.15, 0.2) is 41.2 Å². The molecule has 0 aliphatic rings. The van der Waals surface area contributed by atoms with Crippen molar-refractivity contribution in [2.75, 3.05) is 12.4 Å². The molecule has 1 aromatic carbocycles. The number of hydrogen-bond acceptors (Lipinski definition) is 3. The van der Waals surface area contributed by atoms with Crippen molar-refractivity contribution in [3.63, 3.8) is 0 Å². The predicted octanol–water partition coefficient (Wildman–Crippen LogP) is 1.66. The maximum atomic E-state index is 12.2. The van der Waals surface area contributed by atoms with Crippen LogP contribution >= 0.6 is 0 Å². The number of rotatable bonds is 4. The second-order valence-corrected chi connectivity index (χ2v) is 4.53. The Kier molecular flexibility index (Phi) is 4.32. The SMILES string of the molecule is CNCc1ccccc1NC(=O)c1ccc(C)[nH]c1=O. The van der Waals surface area contributed by atoms with Crippen LogP contribution in [-0.2, 0) is 6.54 Å². The number of anilines is 1. The maximum absolute atomic E-state index is 12.2. The molecule has 20 heavy (non-hydrogen) atoms. The van der Waals surface area contributed by atoms with Crippen molar-refractivity contribution in [1.29, 1.82) is 0 Å². The number of hydrogen-bond donors (Lipinski definition) is 3. The molecule has 2 aromatic rings. The lowest BCUT2D eigenvalue weighted by atomic mass is 10.1. The summed E-state index contributed by atoms with van der Waals surface area (Å²) in [6, 6.07) is 10.7. The van der Waals surface area contributed by atoms with Gasteiger partial charge < -0.3 is 15.6 Å². The summed E-state index contributed by atoms with van der Waals surface area (Å²) < 4.78 is 0. The summed E-state index contributed by atoms with van der Waals surface area (Å²) in [5, 5.41) is 5.81. The molecule has 0 radical (unpaired) electrons. The summed E-state index contributed by atoms with van der Waals surface area (Å²) in [6.07, 6.45) is 0. The summed E-state index contributed by atoms with van der Waals surface area (Å²) in [6.45, 7) is 2.41. The van der Waals surface area contributed by atoms with Crippen molar-refractivity contribution in [3.8, 4) is 0 Å². The Labute approximate surface area is 117 Å². The molecule has 104 valence electrons. The number of pyridine rings is 1. The van der Waals surface area contributed by atoms with E-state index in [1.807, 2.05) is 31.3 Å². The molecule has 0 spiro atoms. The number of nitrogens with one attached hydrogen (secondary N) is 3. The molecule has 1 heterocycles. The van der Waals surface area contributed by atoms with Crippen LogP contribution < -0.4 is 16.2 Å². The van der Waals surface area contributed by atoms with Crippen LogP contribution in [0.2, 0.25) is 0 Å². The summed E-state index contributed by atoms with van der Waals surface area (Å²) in [4.78, 5) is 26.5.